The lowest BCUT2D eigenvalue weighted by Gasteiger charge is -2.46. The molecule has 2 aromatic carbocycles. The van der Waals surface area contributed by atoms with Crippen LogP contribution in [-0.2, 0) is 11.1 Å². The van der Waals surface area contributed by atoms with Crippen LogP contribution in [0.15, 0.2) is 72.0 Å². The molecule has 1 N–H and O–H groups in total. The number of hydrogen-bond donors (Lipinski definition) is 1. The SMILES string of the molecule is Cc1cc(OC(C)C)cnc1C1CCC1C(c1cccc(S(=O)O)c1)C(COc1cc(-c2c(C)cccc2C)ncn1)CC(C)(C)C. The molecule has 1 fully saturated rings. The van der Waals surface area contributed by atoms with Crippen molar-refractivity contribution in [2.24, 2.45) is 17.3 Å². The Bertz CT molecular complexity index is 1700. The van der Waals surface area contributed by atoms with Gasteiger partial charge in [0.15, 0.2) is 11.1 Å². The van der Waals surface area contributed by atoms with E-state index in [-0.39, 0.29) is 35.2 Å². The molecule has 47 heavy (non-hydrogen) atoms. The minimum atomic E-state index is -2.07. The Morgan fingerprint density at radius 2 is 1.66 bits per heavy atom. The van der Waals surface area contributed by atoms with E-state index in [4.69, 9.17) is 14.5 Å². The lowest BCUT2D eigenvalue weighted by atomic mass is 9.59. The van der Waals surface area contributed by atoms with Gasteiger partial charge in [-0.2, -0.15) is 0 Å². The van der Waals surface area contributed by atoms with Crippen LogP contribution >= 0.6 is 0 Å². The van der Waals surface area contributed by atoms with Gasteiger partial charge in [0.1, 0.15) is 12.1 Å². The van der Waals surface area contributed by atoms with E-state index in [0.29, 0.717) is 17.4 Å². The molecule has 1 saturated carbocycles. The van der Waals surface area contributed by atoms with Crippen molar-refractivity contribution >= 4 is 11.1 Å². The molecule has 0 aliphatic heterocycles. The summed E-state index contributed by atoms with van der Waals surface area (Å²) in [5, 5.41) is 0. The molecule has 8 heteroatoms. The first-order chi connectivity index (χ1) is 22.3. The fourth-order valence-electron chi connectivity index (χ4n) is 7.32. The Hall–Kier alpha value is -3.62. The number of pyridine rings is 1. The van der Waals surface area contributed by atoms with Crippen LogP contribution in [0.25, 0.3) is 11.3 Å². The summed E-state index contributed by atoms with van der Waals surface area (Å²) in [5.74, 6) is 2.05. The normalized spacial score (nSPS) is 18.3. The Morgan fingerprint density at radius 3 is 2.28 bits per heavy atom. The standard InChI is InChI=1S/C39H49N3O4S/c1-24(2)46-30-17-27(5)38(40-21-30)33-16-15-32(33)37(28-13-10-14-31(18-28)47(43)44)29(20-39(6,7)8)22-45-35-19-34(41-23-42-35)36-25(3)11-9-12-26(36)4/h9-14,17-19,21,23-24,29,32-33,37H,15-16,20,22H2,1-8H3,(H,43,44). The van der Waals surface area contributed by atoms with Gasteiger partial charge in [-0.05, 0) is 112 Å². The first-order valence-corrected chi connectivity index (χ1v) is 17.8. The van der Waals surface area contributed by atoms with Crippen molar-refractivity contribution in [3.05, 3.63) is 95.1 Å². The van der Waals surface area contributed by atoms with Crippen LogP contribution in [0.1, 0.15) is 93.7 Å². The number of rotatable bonds is 12. The van der Waals surface area contributed by atoms with Crippen LogP contribution in [0.2, 0.25) is 0 Å². The highest BCUT2D eigenvalue weighted by Crippen LogP contribution is 2.54. The summed E-state index contributed by atoms with van der Waals surface area (Å²) in [6.45, 7) is 17.6. The van der Waals surface area contributed by atoms with Crippen molar-refractivity contribution in [3.8, 4) is 22.9 Å². The number of benzene rings is 2. The molecule has 250 valence electrons. The van der Waals surface area contributed by atoms with Crippen LogP contribution in [0.4, 0.5) is 0 Å². The van der Waals surface area contributed by atoms with Crippen LogP contribution in [0, 0.1) is 38.0 Å². The minimum Gasteiger partial charge on any atom is -0.489 e. The maximum Gasteiger partial charge on any atom is 0.216 e. The molecule has 7 nitrogen and oxygen atoms in total. The molecule has 5 atom stereocenters. The van der Waals surface area contributed by atoms with Crippen molar-refractivity contribution < 1.29 is 18.2 Å². The summed E-state index contributed by atoms with van der Waals surface area (Å²) in [6.07, 6.45) is 6.49. The predicted octanol–water partition coefficient (Wildman–Crippen LogP) is 9.24. The summed E-state index contributed by atoms with van der Waals surface area (Å²) in [5.41, 5.74) is 7.58. The maximum atomic E-state index is 12.2. The van der Waals surface area contributed by atoms with E-state index in [1.54, 1.807) is 12.4 Å². The van der Waals surface area contributed by atoms with Gasteiger partial charge < -0.3 is 14.0 Å². The number of hydrogen-bond acceptors (Lipinski definition) is 6. The molecule has 0 amide bonds. The average molecular weight is 656 g/mol. The van der Waals surface area contributed by atoms with Gasteiger partial charge in [-0.1, -0.05) is 51.1 Å². The summed E-state index contributed by atoms with van der Waals surface area (Å²) in [6, 6.07) is 17.9. The zero-order chi connectivity index (χ0) is 33.9. The van der Waals surface area contributed by atoms with E-state index in [2.05, 4.69) is 81.8 Å². The number of nitrogens with zero attached hydrogens (tertiary/aromatic N) is 3. The van der Waals surface area contributed by atoms with Gasteiger partial charge in [-0.25, -0.2) is 14.2 Å². The van der Waals surface area contributed by atoms with Gasteiger partial charge >= 0.3 is 0 Å². The Balaban J connectivity index is 1.51. The molecule has 5 unspecified atom stereocenters. The Labute approximate surface area is 282 Å². The van der Waals surface area contributed by atoms with Gasteiger partial charge in [0.2, 0.25) is 5.88 Å². The van der Waals surface area contributed by atoms with Crippen LogP contribution in [0.3, 0.4) is 0 Å². The van der Waals surface area contributed by atoms with Gasteiger partial charge in [-0.15, -0.1) is 0 Å². The van der Waals surface area contributed by atoms with Crippen molar-refractivity contribution in [3.63, 3.8) is 0 Å². The molecule has 4 aromatic rings. The fraction of sp³-hybridized carbons (Fsp3) is 0.462. The van der Waals surface area contributed by atoms with Gasteiger partial charge in [0.25, 0.3) is 0 Å². The monoisotopic (exact) mass is 655 g/mol. The molecular weight excluding hydrogens is 607 g/mol. The Kier molecular flexibility index (Phi) is 10.8. The molecule has 0 bridgehead atoms. The second-order valence-corrected chi connectivity index (χ2v) is 15.5. The van der Waals surface area contributed by atoms with Crippen LogP contribution in [0.5, 0.6) is 11.6 Å². The third-order valence-electron chi connectivity index (χ3n) is 9.26. The molecule has 0 saturated heterocycles. The molecule has 1 aliphatic rings. The smallest absolute Gasteiger partial charge is 0.216 e. The zero-order valence-corrected chi connectivity index (χ0v) is 29.8. The largest absolute Gasteiger partial charge is 0.489 e. The third kappa shape index (κ3) is 8.46. The lowest BCUT2D eigenvalue weighted by Crippen LogP contribution is -2.37. The minimum absolute atomic E-state index is 0.0159. The van der Waals surface area contributed by atoms with Crippen molar-refractivity contribution in [1.82, 2.24) is 15.0 Å². The van der Waals surface area contributed by atoms with Crippen molar-refractivity contribution in [2.45, 2.75) is 97.5 Å². The highest BCUT2D eigenvalue weighted by Gasteiger charge is 2.44. The molecule has 1 aliphatic carbocycles. The molecule has 0 spiro atoms. The van der Waals surface area contributed by atoms with Crippen LogP contribution in [-0.4, -0.2) is 36.4 Å². The van der Waals surface area contributed by atoms with Gasteiger partial charge in [0.05, 0.1) is 29.5 Å². The molecule has 2 aromatic heterocycles. The second kappa shape index (κ2) is 14.7. The highest BCUT2D eigenvalue weighted by atomic mass is 32.2. The molecular formula is C39H49N3O4S. The summed E-state index contributed by atoms with van der Waals surface area (Å²) < 4.78 is 34.8. The summed E-state index contributed by atoms with van der Waals surface area (Å²) >= 11 is -2.07. The van der Waals surface area contributed by atoms with E-state index >= 15 is 0 Å². The molecule has 0 radical (unpaired) electrons. The second-order valence-electron chi connectivity index (χ2n) is 14.6. The van der Waals surface area contributed by atoms with E-state index in [0.717, 1.165) is 64.2 Å². The highest BCUT2D eigenvalue weighted by molar-refractivity contribution is 7.79. The lowest BCUT2D eigenvalue weighted by molar-refractivity contribution is 0.0982. The zero-order valence-electron chi connectivity index (χ0n) is 29.0. The van der Waals surface area contributed by atoms with Gasteiger partial charge in [-0.3, -0.25) is 4.98 Å². The van der Waals surface area contributed by atoms with Gasteiger partial charge in [0, 0.05) is 29.2 Å². The molecule has 5 rings (SSSR count). The maximum absolute atomic E-state index is 12.2. The number of aromatic nitrogens is 3. The topological polar surface area (TPSA) is 94.4 Å². The first kappa shape index (κ1) is 34.7. The predicted molar refractivity (Wildman–Crippen MR) is 188 cm³/mol. The van der Waals surface area contributed by atoms with E-state index in [9.17, 15) is 8.76 Å². The van der Waals surface area contributed by atoms with Crippen molar-refractivity contribution in [1.29, 1.82) is 0 Å². The van der Waals surface area contributed by atoms with E-state index < -0.39 is 11.1 Å². The van der Waals surface area contributed by atoms with Crippen LogP contribution < -0.4 is 9.47 Å². The third-order valence-corrected chi connectivity index (χ3v) is 9.91. The van der Waals surface area contributed by atoms with Crippen molar-refractivity contribution in [2.75, 3.05) is 6.61 Å². The number of ether oxygens (including phenoxy) is 2. The molecule has 2 heterocycles. The average Bonchev–Trinajstić information content (AvgIpc) is 2.98. The summed E-state index contributed by atoms with van der Waals surface area (Å²) in [4.78, 5) is 14.5. The quantitative estimate of drug-likeness (QED) is 0.152. The first-order valence-electron chi connectivity index (χ1n) is 16.7. The Morgan fingerprint density at radius 1 is 0.936 bits per heavy atom. The van der Waals surface area contributed by atoms with E-state index in [1.807, 2.05) is 38.2 Å². The fourth-order valence-corrected chi connectivity index (χ4v) is 7.75. The summed E-state index contributed by atoms with van der Waals surface area (Å²) in [7, 11) is 0. The van der Waals surface area contributed by atoms with E-state index in [1.165, 1.54) is 0 Å². The number of aryl methyl sites for hydroxylation is 3.